The first-order chi connectivity index (χ1) is 9.15. The van der Waals surface area contributed by atoms with E-state index in [1.54, 1.807) is 7.11 Å². The van der Waals surface area contributed by atoms with E-state index in [1.165, 1.54) is 0 Å². The number of anilines is 2. The monoisotopic (exact) mass is 283 g/mol. The van der Waals surface area contributed by atoms with Crippen LogP contribution >= 0.6 is 11.8 Å². The summed E-state index contributed by atoms with van der Waals surface area (Å²) in [6.07, 6.45) is 0. The van der Waals surface area contributed by atoms with E-state index in [9.17, 15) is 0 Å². The molecule has 1 aromatic heterocycles. The van der Waals surface area contributed by atoms with Crippen molar-refractivity contribution in [1.82, 2.24) is 9.97 Å². The van der Waals surface area contributed by atoms with Crippen LogP contribution < -0.4 is 16.2 Å². The Morgan fingerprint density at radius 1 is 1.53 bits per heavy atom. The molecule has 1 aliphatic rings. The van der Waals surface area contributed by atoms with Gasteiger partial charge >= 0.3 is 0 Å². The second-order valence-corrected chi connectivity index (χ2v) is 6.10. The number of nitrogens with two attached hydrogens (primary N) is 1. The summed E-state index contributed by atoms with van der Waals surface area (Å²) in [5.41, 5.74) is 2.59. The van der Waals surface area contributed by atoms with Crippen molar-refractivity contribution in [1.29, 1.82) is 0 Å². The minimum Gasteiger partial charge on any atom is -0.377 e. The molecule has 2 unspecified atom stereocenters. The predicted octanol–water partition coefficient (Wildman–Crippen LogP) is 1.24. The van der Waals surface area contributed by atoms with Crippen LogP contribution in [0, 0.1) is 0 Å². The first-order valence-corrected chi connectivity index (χ1v) is 7.42. The molecule has 1 saturated heterocycles. The van der Waals surface area contributed by atoms with Gasteiger partial charge in [-0.05, 0) is 6.92 Å². The van der Waals surface area contributed by atoms with Crippen molar-refractivity contribution in [2.75, 3.05) is 29.7 Å². The first-order valence-electron chi connectivity index (χ1n) is 6.37. The average molecular weight is 283 g/mol. The van der Waals surface area contributed by atoms with Gasteiger partial charge in [-0.1, -0.05) is 6.92 Å². The molecule has 1 aromatic rings. The van der Waals surface area contributed by atoms with Crippen LogP contribution in [0.25, 0.3) is 0 Å². The van der Waals surface area contributed by atoms with E-state index in [0.717, 1.165) is 18.1 Å². The van der Waals surface area contributed by atoms with Crippen molar-refractivity contribution in [2.24, 2.45) is 5.84 Å². The highest BCUT2D eigenvalue weighted by Crippen LogP contribution is 2.28. The van der Waals surface area contributed by atoms with Gasteiger partial charge in [0.1, 0.15) is 18.2 Å². The lowest BCUT2D eigenvalue weighted by atomic mass is 10.2. The van der Waals surface area contributed by atoms with Crippen molar-refractivity contribution in [2.45, 2.75) is 31.7 Å². The number of thioether (sulfide) groups is 1. The molecule has 0 spiro atoms. The first kappa shape index (κ1) is 14.4. The molecule has 0 aliphatic carbocycles. The summed E-state index contributed by atoms with van der Waals surface area (Å²) in [7, 11) is 1.63. The van der Waals surface area contributed by atoms with Crippen molar-refractivity contribution < 1.29 is 4.74 Å². The second-order valence-electron chi connectivity index (χ2n) is 4.61. The van der Waals surface area contributed by atoms with E-state index in [0.29, 0.717) is 29.5 Å². The van der Waals surface area contributed by atoms with Gasteiger partial charge in [0, 0.05) is 36.8 Å². The Morgan fingerprint density at radius 3 is 3.00 bits per heavy atom. The molecule has 106 valence electrons. The Kier molecular flexibility index (Phi) is 4.84. The maximum Gasteiger partial charge on any atom is 0.158 e. The molecule has 2 heterocycles. The van der Waals surface area contributed by atoms with Gasteiger partial charge in [0.05, 0.1) is 0 Å². The standard InChI is InChI=1S/C12H21N5OS/c1-8-9(2)19-5-4-17(8)12-6-10(16-13)14-11(15-12)7-18-3/h6,8-9H,4-5,7,13H2,1-3H3,(H,14,15,16). The minimum absolute atomic E-state index is 0.384. The normalized spacial score (nSPS) is 23.5. The summed E-state index contributed by atoms with van der Waals surface area (Å²) in [4.78, 5) is 11.1. The number of hydrogen-bond acceptors (Lipinski definition) is 7. The van der Waals surface area contributed by atoms with E-state index in [1.807, 2.05) is 17.8 Å². The lowest BCUT2D eigenvalue weighted by molar-refractivity contribution is 0.178. The topological polar surface area (TPSA) is 76.3 Å². The number of aromatic nitrogens is 2. The summed E-state index contributed by atoms with van der Waals surface area (Å²) < 4.78 is 5.10. The highest BCUT2D eigenvalue weighted by Gasteiger charge is 2.26. The molecular weight excluding hydrogens is 262 g/mol. The predicted molar refractivity (Wildman–Crippen MR) is 79.3 cm³/mol. The maximum atomic E-state index is 5.47. The van der Waals surface area contributed by atoms with Crippen molar-refractivity contribution in [3.63, 3.8) is 0 Å². The Labute approximate surface area is 118 Å². The number of methoxy groups -OCH3 is 1. The fourth-order valence-corrected chi connectivity index (χ4v) is 3.25. The molecule has 1 aliphatic heterocycles. The number of nitrogens with zero attached hydrogens (tertiary/aromatic N) is 3. The van der Waals surface area contributed by atoms with E-state index in [4.69, 9.17) is 10.6 Å². The zero-order valence-corrected chi connectivity index (χ0v) is 12.4. The van der Waals surface area contributed by atoms with Gasteiger partial charge in [-0.25, -0.2) is 15.8 Å². The summed E-state index contributed by atoms with van der Waals surface area (Å²) >= 11 is 2.00. The van der Waals surface area contributed by atoms with E-state index < -0.39 is 0 Å². The summed E-state index contributed by atoms with van der Waals surface area (Å²) in [6.45, 7) is 5.85. The third-order valence-corrected chi connectivity index (χ3v) is 4.70. The third kappa shape index (κ3) is 3.29. The number of ether oxygens (including phenoxy) is 1. The largest absolute Gasteiger partial charge is 0.377 e. The number of hydrazine groups is 1. The van der Waals surface area contributed by atoms with Crippen LogP contribution in [0.15, 0.2) is 6.07 Å². The summed E-state index contributed by atoms with van der Waals surface area (Å²) in [5, 5.41) is 0.587. The molecule has 3 N–H and O–H groups in total. The molecule has 0 aromatic carbocycles. The number of hydrogen-bond donors (Lipinski definition) is 2. The van der Waals surface area contributed by atoms with E-state index in [-0.39, 0.29) is 0 Å². The third-order valence-electron chi connectivity index (χ3n) is 3.36. The Bertz CT molecular complexity index is 431. The fraction of sp³-hybridized carbons (Fsp3) is 0.667. The van der Waals surface area contributed by atoms with Crippen LogP contribution in [0.4, 0.5) is 11.6 Å². The van der Waals surface area contributed by atoms with Crippen LogP contribution in [0.5, 0.6) is 0 Å². The van der Waals surface area contributed by atoms with Gasteiger partial charge in [-0.2, -0.15) is 11.8 Å². The molecule has 2 rings (SSSR count). The van der Waals surface area contributed by atoms with E-state index in [2.05, 4.69) is 34.1 Å². The molecule has 0 amide bonds. The Morgan fingerprint density at radius 2 is 2.32 bits per heavy atom. The van der Waals surface area contributed by atoms with Crippen molar-refractivity contribution in [3.8, 4) is 0 Å². The maximum absolute atomic E-state index is 5.47. The number of nitrogen functional groups attached to an aromatic ring is 1. The second kappa shape index (κ2) is 6.40. The van der Waals surface area contributed by atoms with Gasteiger partial charge < -0.3 is 15.1 Å². The lowest BCUT2D eigenvalue weighted by Crippen LogP contribution is -2.45. The summed E-state index contributed by atoms with van der Waals surface area (Å²) in [6, 6.07) is 2.33. The average Bonchev–Trinajstić information content (AvgIpc) is 2.42. The zero-order valence-electron chi connectivity index (χ0n) is 11.6. The van der Waals surface area contributed by atoms with Gasteiger partial charge in [0.2, 0.25) is 0 Å². The SMILES string of the molecule is COCc1nc(NN)cc(N2CCSC(C)C2C)n1. The molecule has 6 nitrogen and oxygen atoms in total. The van der Waals surface area contributed by atoms with Crippen LogP contribution in [0.3, 0.4) is 0 Å². The fourth-order valence-electron chi connectivity index (χ4n) is 2.15. The molecular formula is C12H21N5OS. The lowest BCUT2D eigenvalue weighted by Gasteiger charge is -2.38. The number of rotatable bonds is 4. The van der Waals surface area contributed by atoms with Crippen LogP contribution in [-0.4, -0.2) is 40.7 Å². The molecule has 0 bridgehead atoms. The van der Waals surface area contributed by atoms with Crippen molar-refractivity contribution in [3.05, 3.63) is 11.9 Å². The molecule has 7 heteroatoms. The Hall–Kier alpha value is -1.05. The van der Waals surface area contributed by atoms with Gasteiger partial charge in [-0.15, -0.1) is 0 Å². The molecule has 2 atom stereocenters. The van der Waals surface area contributed by atoms with Crippen LogP contribution in [-0.2, 0) is 11.3 Å². The minimum atomic E-state index is 0.384. The van der Waals surface area contributed by atoms with Crippen LogP contribution in [0.1, 0.15) is 19.7 Å². The highest BCUT2D eigenvalue weighted by molar-refractivity contribution is 8.00. The molecule has 0 saturated carbocycles. The smallest absolute Gasteiger partial charge is 0.158 e. The molecule has 1 fully saturated rings. The Balaban J connectivity index is 2.29. The van der Waals surface area contributed by atoms with Gasteiger partial charge in [0.25, 0.3) is 0 Å². The van der Waals surface area contributed by atoms with Crippen LogP contribution in [0.2, 0.25) is 0 Å². The van der Waals surface area contributed by atoms with E-state index >= 15 is 0 Å². The zero-order chi connectivity index (χ0) is 13.8. The van der Waals surface area contributed by atoms with Gasteiger partial charge in [-0.3, -0.25) is 0 Å². The molecule has 19 heavy (non-hydrogen) atoms. The number of nitrogens with one attached hydrogen (secondary N) is 1. The van der Waals surface area contributed by atoms with Gasteiger partial charge in [0.15, 0.2) is 5.82 Å². The quantitative estimate of drug-likeness (QED) is 0.636. The molecule has 0 radical (unpaired) electrons. The summed E-state index contributed by atoms with van der Waals surface area (Å²) in [5.74, 6) is 8.76. The van der Waals surface area contributed by atoms with Crippen molar-refractivity contribution >= 4 is 23.4 Å². The highest BCUT2D eigenvalue weighted by atomic mass is 32.2.